The molecular formula is C21H16BrClN2O5. The van der Waals surface area contributed by atoms with Crippen LogP contribution in [0, 0.1) is 0 Å². The Balaban J connectivity index is 2.01. The summed E-state index contributed by atoms with van der Waals surface area (Å²) >= 11 is 9.27. The number of anilines is 1. The van der Waals surface area contributed by atoms with Gasteiger partial charge in [-0.25, -0.2) is 9.69 Å². The molecule has 2 aromatic rings. The van der Waals surface area contributed by atoms with E-state index in [1.807, 2.05) is 0 Å². The van der Waals surface area contributed by atoms with E-state index in [1.54, 1.807) is 30.3 Å². The number of amides is 4. The lowest BCUT2D eigenvalue weighted by atomic mass is 10.1. The third-order valence-electron chi connectivity index (χ3n) is 4.09. The lowest BCUT2D eigenvalue weighted by Gasteiger charge is -2.26. The molecular weight excluding hydrogens is 476 g/mol. The number of methoxy groups -OCH3 is 1. The minimum atomic E-state index is -0.837. The number of nitrogens with one attached hydrogen (secondary N) is 1. The second kappa shape index (κ2) is 9.15. The molecule has 0 aromatic heterocycles. The summed E-state index contributed by atoms with van der Waals surface area (Å²) in [5.74, 6) is -0.699. The molecule has 4 amide bonds. The van der Waals surface area contributed by atoms with Gasteiger partial charge in [-0.2, -0.15) is 0 Å². The van der Waals surface area contributed by atoms with Crippen molar-refractivity contribution < 1.29 is 23.9 Å². The SMILES string of the molecule is C=CCOc1c(Br)cc(/C=C2\C(=O)NC(=O)N(c3ccc(Cl)cc3)C2=O)cc1OC. The van der Waals surface area contributed by atoms with E-state index in [1.165, 1.54) is 25.3 Å². The van der Waals surface area contributed by atoms with E-state index in [-0.39, 0.29) is 17.9 Å². The highest BCUT2D eigenvalue weighted by atomic mass is 79.9. The summed E-state index contributed by atoms with van der Waals surface area (Å²) < 4.78 is 11.5. The Labute approximate surface area is 186 Å². The maximum absolute atomic E-state index is 12.9. The molecule has 0 saturated carbocycles. The Morgan fingerprint density at radius 3 is 2.53 bits per heavy atom. The van der Waals surface area contributed by atoms with Gasteiger partial charge in [-0.1, -0.05) is 24.3 Å². The zero-order chi connectivity index (χ0) is 21.8. The molecule has 1 aliphatic heterocycles. The quantitative estimate of drug-likeness (QED) is 0.369. The number of barbiturate groups is 1. The zero-order valence-corrected chi connectivity index (χ0v) is 18.1. The summed E-state index contributed by atoms with van der Waals surface area (Å²) in [6.45, 7) is 3.88. The van der Waals surface area contributed by atoms with Crippen LogP contribution >= 0.6 is 27.5 Å². The van der Waals surface area contributed by atoms with Crippen LogP contribution in [0.5, 0.6) is 11.5 Å². The van der Waals surface area contributed by atoms with Gasteiger partial charge in [-0.05, 0) is 64.0 Å². The van der Waals surface area contributed by atoms with Crippen LogP contribution in [0.1, 0.15) is 5.56 Å². The topological polar surface area (TPSA) is 84.9 Å². The van der Waals surface area contributed by atoms with E-state index in [4.69, 9.17) is 21.1 Å². The van der Waals surface area contributed by atoms with Crippen LogP contribution in [0.2, 0.25) is 5.02 Å². The standard InChI is InChI=1S/C21H16BrClN2O5/c1-3-8-30-18-16(22)10-12(11-17(18)29-2)9-15-19(26)24-21(28)25(20(15)27)14-6-4-13(23)5-7-14/h3-7,9-11H,1,8H2,2H3,(H,24,26,28)/b15-9+. The summed E-state index contributed by atoms with van der Waals surface area (Å²) in [4.78, 5) is 38.4. The molecule has 30 heavy (non-hydrogen) atoms. The van der Waals surface area contributed by atoms with Gasteiger partial charge in [0, 0.05) is 5.02 Å². The van der Waals surface area contributed by atoms with Gasteiger partial charge < -0.3 is 9.47 Å². The number of halogens is 2. The second-order valence-corrected chi connectivity index (χ2v) is 7.36. The predicted octanol–water partition coefficient (Wildman–Crippen LogP) is 4.34. The first-order chi connectivity index (χ1) is 14.3. The molecule has 0 bridgehead atoms. The smallest absolute Gasteiger partial charge is 0.335 e. The highest BCUT2D eigenvalue weighted by Crippen LogP contribution is 2.37. The fourth-order valence-electron chi connectivity index (χ4n) is 2.75. The summed E-state index contributed by atoms with van der Waals surface area (Å²) in [6, 6.07) is 8.55. The first-order valence-electron chi connectivity index (χ1n) is 8.64. The van der Waals surface area contributed by atoms with Crippen LogP contribution in [-0.4, -0.2) is 31.6 Å². The molecule has 7 nitrogen and oxygen atoms in total. The van der Waals surface area contributed by atoms with E-state index in [0.717, 1.165) is 4.90 Å². The Hall–Kier alpha value is -3.10. The number of ether oxygens (including phenoxy) is 2. The second-order valence-electron chi connectivity index (χ2n) is 6.07. The molecule has 0 spiro atoms. The lowest BCUT2D eigenvalue weighted by Crippen LogP contribution is -2.54. The number of urea groups is 1. The number of hydrogen-bond donors (Lipinski definition) is 1. The molecule has 0 unspecified atom stereocenters. The van der Waals surface area contributed by atoms with Gasteiger partial charge in [0.05, 0.1) is 17.3 Å². The van der Waals surface area contributed by atoms with Crippen LogP contribution in [0.4, 0.5) is 10.5 Å². The van der Waals surface area contributed by atoms with Crippen LogP contribution in [-0.2, 0) is 9.59 Å². The minimum absolute atomic E-state index is 0.210. The number of imide groups is 2. The number of hydrogen-bond acceptors (Lipinski definition) is 5. The highest BCUT2D eigenvalue weighted by molar-refractivity contribution is 9.10. The van der Waals surface area contributed by atoms with Crippen molar-refractivity contribution in [3.8, 4) is 11.5 Å². The van der Waals surface area contributed by atoms with Gasteiger partial charge in [-0.3, -0.25) is 14.9 Å². The maximum atomic E-state index is 12.9. The Kier molecular flexibility index (Phi) is 6.59. The number of nitrogens with zero attached hydrogens (tertiary/aromatic N) is 1. The molecule has 1 fully saturated rings. The van der Waals surface area contributed by atoms with Crippen molar-refractivity contribution in [3.63, 3.8) is 0 Å². The molecule has 0 radical (unpaired) electrons. The van der Waals surface area contributed by atoms with Gasteiger partial charge in [0.25, 0.3) is 11.8 Å². The summed E-state index contributed by atoms with van der Waals surface area (Å²) in [5.41, 5.74) is 0.569. The molecule has 2 aromatic carbocycles. The van der Waals surface area contributed by atoms with Crippen molar-refractivity contribution in [2.45, 2.75) is 0 Å². The van der Waals surface area contributed by atoms with Crippen LogP contribution in [0.3, 0.4) is 0 Å². The summed E-state index contributed by atoms with van der Waals surface area (Å²) in [7, 11) is 1.47. The molecule has 1 heterocycles. The Bertz CT molecular complexity index is 1070. The summed E-state index contributed by atoms with van der Waals surface area (Å²) in [6.07, 6.45) is 2.97. The van der Waals surface area contributed by atoms with Crippen molar-refractivity contribution in [1.29, 1.82) is 0 Å². The van der Waals surface area contributed by atoms with Gasteiger partial charge in [-0.15, -0.1) is 0 Å². The average molecular weight is 492 g/mol. The van der Waals surface area contributed by atoms with Crippen LogP contribution in [0.25, 0.3) is 6.08 Å². The first kappa shape index (κ1) is 21.6. The summed E-state index contributed by atoms with van der Waals surface area (Å²) in [5, 5.41) is 2.62. The first-order valence-corrected chi connectivity index (χ1v) is 9.81. The minimum Gasteiger partial charge on any atom is -0.493 e. The molecule has 1 saturated heterocycles. The number of rotatable bonds is 6. The van der Waals surface area contributed by atoms with Gasteiger partial charge in [0.1, 0.15) is 12.2 Å². The number of carbonyl (C=O) groups excluding carboxylic acids is 3. The predicted molar refractivity (Wildman–Crippen MR) is 117 cm³/mol. The van der Waals surface area contributed by atoms with Crippen molar-refractivity contribution in [1.82, 2.24) is 5.32 Å². The monoisotopic (exact) mass is 490 g/mol. The van der Waals surface area contributed by atoms with Crippen molar-refractivity contribution in [3.05, 3.63) is 69.7 Å². The maximum Gasteiger partial charge on any atom is 0.335 e. The fraction of sp³-hybridized carbons (Fsp3) is 0.0952. The van der Waals surface area contributed by atoms with Crippen LogP contribution < -0.4 is 19.7 Å². The molecule has 1 N–H and O–H groups in total. The van der Waals surface area contributed by atoms with Crippen LogP contribution in [0.15, 0.2) is 59.1 Å². The van der Waals surface area contributed by atoms with Gasteiger partial charge in [0.2, 0.25) is 0 Å². The average Bonchev–Trinajstić information content (AvgIpc) is 2.71. The number of benzene rings is 2. The third kappa shape index (κ3) is 4.39. The molecule has 154 valence electrons. The van der Waals surface area contributed by atoms with E-state index >= 15 is 0 Å². The zero-order valence-electron chi connectivity index (χ0n) is 15.8. The van der Waals surface area contributed by atoms with Gasteiger partial charge in [0.15, 0.2) is 11.5 Å². The van der Waals surface area contributed by atoms with Crippen molar-refractivity contribution in [2.24, 2.45) is 0 Å². The molecule has 0 aliphatic carbocycles. The molecule has 3 rings (SSSR count). The normalized spacial score (nSPS) is 15.2. The van der Waals surface area contributed by atoms with E-state index < -0.39 is 17.8 Å². The lowest BCUT2D eigenvalue weighted by molar-refractivity contribution is -0.122. The molecule has 9 heteroatoms. The largest absolute Gasteiger partial charge is 0.493 e. The fourth-order valence-corrected chi connectivity index (χ4v) is 3.45. The highest BCUT2D eigenvalue weighted by Gasteiger charge is 2.36. The van der Waals surface area contributed by atoms with Crippen molar-refractivity contribution >= 4 is 57.1 Å². The Morgan fingerprint density at radius 2 is 1.90 bits per heavy atom. The molecule has 1 aliphatic rings. The molecule has 0 atom stereocenters. The van der Waals surface area contributed by atoms with E-state index in [2.05, 4.69) is 27.8 Å². The van der Waals surface area contributed by atoms with Crippen molar-refractivity contribution in [2.75, 3.05) is 18.6 Å². The number of carbonyl (C=O) groups is 3. The van der Waals surface area contributed by atoms with E-state index in [9.17, 15) is 14.4 Å². The van der Waals surface area contributed by atoms with Gasteiger partial charge >= 0.3 is 6.03 Å². The Morgan fingerprint density at radius 1 is 1.20 bits per heavy atom. The third-order valence-corrected chi connectivity index (χ3v) is 4.94. The van der Waals surface area contributed by atoms with E-state index in [0.29, 0.717) is 26.6 Å².